The third-order valence-corrected chi connectivity index (χ3v) is 6.18. The van der Waals surface area contributed by atoms with Gasteiger partial charge in [-0.1, -0.05) is 13.3 Å². The molecule has 1 aliphatic rings. The number of unbranched alkanes of at least 4 members (excludes halogenated alkanes) is 1. The van der Waals surface area contributed by atoms with E-state index in [-0.39, 0.29) is 18.7 Å². The van der Waals surface area contributed by atoms with Crippen LogP contribution in [0.4, 0.5) is 0 Å². The minimum Gasteiger partial charge on any atom is -0.481 e. The summed E-state index contributed by atoms with van der Waals surface area (Å²) in [4.78, 5) is 49.8. The Morgan fingerprint density at radius 3 is 2.45 bits per heavy atom. The molecule has 1 aromatic rings. The van der Waals surface area contributed by atoms with Crippen molar-refractivity contribution in [3.05, 3.63) is 5.82 Å². The van der Waals surface area contributed by atoms with Crippen LogP contribution in [-0.2, 0) is 35.2 Å². The lowest BCUT2D eigenvalue weighted by molar-refractivity contribution is -0.266. The summed E-state index contributed by atoms with van der Waals surface area (Å²) >= 11 is 0. The molecule has 0 aromatic carbocycles. The van der Waals surface area contributed by atoms with Crippen LogP contribution in [0.1, 0.15) is 65.2 Å². The highest BCUT2D eigenvalue weighted by molar-refractivity contribution is 5.89. The molecule has 0 spiro atoms. The van der Waals surface area contributed by atoms with E-state index in [4.69, 9.17) is 14.6 Å². The van der Waals surface area contributed by atoms with Crippen molar-refractivity contribution >= 4 is 23.7 Å². The SMILES string of the molecule is CCCCn1nnc([C@@H](CCC(=O)O)NC(=O)[C@H](C)NC(=O)[C@@H](C)O[C@H]2[C@H](O)[C@@H](CO)O[C@H](O)[C@@H]2NC(C)=O)n1. The summed E-state index contributed by atoms with van der Waals surface area (Å²) in [6.07, 6.45) is -5.57. The molecule has 0 bridgehead atoms. The van der Waals surface area contributed by atoms with Crippen LogP contribution in [0.2, 0.25) is 0 Å². The molecule has 1 fully saturated rings. The van der Waals surface area contributed by atoms with Gasteiger partial charge in [0.2, 0.25) is 17.7 Å². The van der Waals surface area contributed by atoms with Gasteiger partial charge in [-0.3, -0.25) is 19.2 Å². The van der Waals surface area contributed by atoms with Crippen LogP contribution in [-0.4, -0.2) is 114 Å². The largest absolute Gasteiger partial charge is 0.481 e. The number of carbonyl (C=O) groups excluding carboxylic acids is 3. The molecule has 226 valence electrons. The number of aliphatic hydroxyl groups excluding tert-OH is 3. The molecule has 2 heterocycles. The smallest absolute Gasteiger partial charge is 0.303 e. The molecule has 17 heteroatoms. The number of rotatable bonds is 15. The number of ether oxygens (including phenoxy) is 2. The number of tetrazole rings is 1. The molecule has 17 nitrogen and oxygen atoms in total. The second-order valence-corrected chi connectivity index (χ2v) is 9.53. The summed E-state index contributed by atoms with van der Waals surface area (Å²) in [5.74, 6) is -2.92. The molecular formula is C23H39N7O10. The number of carbonyl (C=O) groups is 4. The molecule has 0 radical (unpaired) electrons. The van der Waals surface area contributed by atoms with Gasteiger partial charge in [-0.05, 0) is 31.9 Å². The summed E-state index contributed by atoms with van der Waals surface area (Å²) in [5.41, 5.74) is 0. The van der Waals surface area contributed by atoms with E-state index in [1.165, 1.54) is 25.6 Å². The van der Waals surface area contributed by atoms with Crippen molar-refractivity contribution in [3.63, 3.8) is 0 Å². The molecule has 2 rings (SSSR count). The summed E-state index contributed by atoms with van der Waals surface area (Å²) < 4.78 is 10.8. The van der Waals surface area contributed by atoms with Crippen molar-refractivity contribution in [1.29, 1.82) is 0 Å². The minimum atomic E-state index is -1.63. The van der Waals surface area contributed by atoms with Gasteiger partial charge in [0.15, 0.2) is 12.1 Å². The van der Waals surface area contributed by atoms with Crippen molar-refractivity contribution in [3.8, 4) is 0 Å². The maximum atomic E-state index is 12.9. The van der Waals surface area contributed by atoms with E-state index in [9.17, 15) is 34.5 Å². The fraction of sp³-hybridized carbons (Fsp3) is 0.783. The highest BCUT2D eigenvalue weighted by Crippen LogP contribution is 2.24. The summed E-state index contributed by atoms with van der Waals surface area (Å²) in [6, 6.07) is -3.23. The first-order chi connectivity index (χ1) is 18.9. The van der Waals surface area contributed by atoms with Crippen molar-refractivity contribution in [2.24, 2.45) is 0 Å². The number of aryl methyl sites for hydroxylation is 1. The molecule has 8 atom stereocenters. The van der Waals surface area contributed by atoms with E-state index >= 15 is 0 Å². The molecule has 7 N–H and O–H groups in total. The molecule has 1 saturated heterocycles. The number of hydrogen-bond acceptors (Lipinski definition) is 12. The highest BCUT2D eigenvalue weighted by atomic mass is 16.6. The number of carboxylic acid groups (broad SMARTS) is 1. The van der Waals surface area contributed by atoms with Gasteiger partial charge in [-0.15, -0.1) is 10.2 Å². The monoisotopic (exact) mass is 573 g/mol. The number of amides is 3. The van der Waals surface area contributed by atoms with Gasteiger partial charge in [0, 0.05) is 13.3 Å². The Morgan fingerprint density at radius 2 is 1.85 bits per heavy atom. The van der Waals surface area contributed by atoms with Crippen LogP contribution in [0.15, 0.2) is 0 Å². The molecule has 40 heavy (non-hydrogen) atoms. The van der Waals surface area contributed by atoms with E-state index in [0.29, 0.717) is 6.54 Å². The van der Waals surface area contributed by atoms with E-state index in [0.717, 1.165) is 12.8 Å². The highest BCUT2D eigenvalue weighted by Gasteiger charge is 2.47. The van der Waals surface area contributed by atoms with Gasteiger partial charge < -0.3 is 45.9 Å². The maximum Gasteiger partial charge on any atom is 0.303 e. The van der Waals surface area contributed by atoms with Gasteiger partial charge in [0.05, 0.1) is 19.2 Å². The zero-order valence-corrected chi connectivity index (χ0v) is 22.9. The molecule has 1 aliphatic heterocycles. The second-order valence-electron chi connectivity index (χ2n) is 9.53. The van der Waals surface area contributed by atoms with E-state index < -0.39 is 79.1 Å². The maximum absolute atomic E-state index is 12.9. The lowest BCUT2D eigenvalue weighted by Gasteiger charge is -2.43. The fourth-order valence-corrected chi connectivity index (χ4v) is 3.95. The van der Waals surface area contributed by atoms with Gasteiger partial charge >= 0.3 is 5.97 Å². The van der Waals surface area contributed by atoms with Crippen molar-refractivity contribution < 1.29 is 49.1 Å². The average molecular weight is 574 g/mol. The van der Waals surface area contributed by atoms with Crippen LogP contribution in [0, 0.1) is 0 Å². The number of nitrogens with zero attached hydrogens (tertiary/aromatic N) is 4. The first-order valence-electron chi connectivity index (χ1n) is 13.0. The van der Waals surface area contributed by atoms with Crippen LogP contribution in [0.25, 0.3) is 0 Å². The summed E-state index contributed by atoms with van der Waals surface area (Å²) in [6.45, 7) is 5.75. The number of aliphatic carboxylic acids is 1. The van der Waals surface area contributed by atoms with E-state index in [2.05, 4.69) is 31.4 Å². The molecule has 1 aromatic heterocycles. The average Bonchev–Trinajstić information content (AvgIpc) is 3.37. The lowest BCUT2D eigenvalue weighted by Crippen LogP contribution is -2.65. The molecule has 0 unspecified atom stereocenters. The minimum absolute atomic E-state index is 0.0126. The number of nitrogens with one attached hydrogen (secondary N) is 3. The van der Waals surface area contributed by atoms with Crippen molar-refractivity contribution in [2.45, 2.75) is 109 Å². The zero-order chi connectivity index (χ0) is 30.0. The first-order valence-corrected chi connectivity index (χ1v) is 13.0. The first kappa shape index (κ1) is 33.0. The standard InChI is InChI=1S/C23H39N7O10/c1-5-6-9-30-28-20(27-29-30)14(7-8-16(33)34)26-21(36)11(2)24-22(37)12(3)39-19-17(25-13(4)32)23(38)40-15(10-31)18(19)35/h11-12,14-15,17-19,23,31,35,38H,5-10H2,1-4H3,(H,24,37)(H,25,32)(H,26,36)(H,33,34)/t11-,12+,14+,15+,17+,18+,19+,23-/m0/s1. The summed E-state index contributed by atoms with van der Waals surface area (Å²) in [5, 5.41) is 58.9. The lowest BCUT2D eigenvalue weighted by atomic mass is 9.96. The Balaban J connectivity index is 2.05. The Labute approximate surface area is 230 Å². The third-order valence-electron chi connectivity index (χ3n) is 6.18. The number of carboxylic acids is 1. The van der Waals surface area contributed by atoms with Gasteiger partial charge in [-0.25, -0.2) is 0 Å². The van der Waals surface area contributed by atoms with Gasteiger partial charge in [0.1, 0.15) is 36.5 Å². The number of aromatic nitrogens is 4. The fourth-order valence-electron chi connectivity index (χ4n) is 3.95. The third kappa shape index (κ3) is 9.44. The second kappa shape index (κ2) is 15.5. The Bertz CT molecular complexity index is 1010. The van der Waals surface area contributed by atoms with E-state index in [1.807, 2.05) is 6.92 Å². The molecule has 3 amide bonds. The molecule has 0 saturated carbocycles. The molecule has 0 aliphatic carbocycles. The summed E-state index contributed by atoms with van der Waals surface area (Å²) in [7, 11) is 0. The number of aliphatic hydroxyl groups is 3. The molecular weight excluding hydrogens is 534 g/mol. The van der Waals surface area contributed by atoms with Crippen LogP contribution in [0.5, 0.6) is 0 Å². The topological polar surface area (TPSA) is 247 Å². The van der Waals surface area contributed by atoms with Crippen LogP contribution < -0.4 is 16.0 Å². The van der Waals surface area contributed by atoms with Gasteiger partial charge in [-0.2, -0.15) is 4.80 Å². The van der Waals surface area contributed by atoms with Crippen LogP contribution in [0.3, 0.4) is 0 Å². The van der Waals surface area contributed by atoms with Gasteiger partial charge in [0.25, 0.3) is 0 Å². The van der Waals surface area contributed by atoms with E-state index in [1.54, 1.807) is 0 Å². The Morgan fingerprint density at radius 1 is 1.15 bits per heavy atom. The predicted octanol–water partition coefficient (Wildman–Crippen LogP) is -2.65. The Kier molecular flexibility index (Phi) is 12.8. The normalized spacial score (nSPS) is 24.9. The number of hydrogen-bond donors (Lipinski definition) is 7. The quantitative estimate of drug-likeness (QED) is 0.113. The van der Waals surface area contributed by atoms with Crippen molar-refractivity contribution in [1.82, 2.24) is 36.2 Å². The van der Waals surface area contributed by atoms with Crippen molar-refractivity contribution in [2.75, 3.05) is 6.61 Å². The predicted molar refractivity (Wildman–Crippen MR) is 134 cm³/mol. The Hall–Kier alpha value is -3.25. The van der Waals surface area contributed by atoms with Crippen LogP contribution >= 0.6 is 0 Å². The zero-order valence-electron chi connectivity index (χ0n) is 22.9.